The Kier molecular flexibility index (Phi) is 4.78. The molecule has 1 amide bonds. The van der Waals surface area contributed by atoms with Crippen LogP contribution in [-0.4, -0.2) is 23.9 Å². The predicted octanol–water partition coefficient (Wildman–Crippen LogP) is 3.74. The van der Waals surface area contributed by atoms with Gasteiger partial charge in [0, 0.05) is 19.5 Å². The van der Waals surface area contributed by atoms with Crippen LogP contribution in [0.25, 0.3) is 6.08 Å². The molecule has 1 fully saturated rings. The van der Waals surface area contributed by atoms with Crippen LogP contribution >= 0.6 is 0 Å². The lowest BCUT2D eigenvalue weighted by Crippen LogP contribution is -2.33. The molecule has 1 aromatic rings. The maximum atomic E-state index is 12.0. The van der Waals surface area contributed by atoms with E-state index in [1.807, 2.05) is 30.0 Å². The second-order valence-electron chi connectivity index (χ2n) is 5.47. The zero-order valence-electron chi connectivity index (χ0n) is 11.9. The van der Waals surface area contributed by atoms with E-state index in [0.717, 1.165) is 19.0 Å². The van der Waals surface area contributed by atoms with Crippen LogP contribution in [0.2, 0.25) is 0 Å². The lowest BCUT2D eigenvalue weighted by Gasteiger charge is -2.22. The zero-order valence-corrected chi connectivity index (χ0v) is 11.9. The van der Waals surface area contributed by atoms with Gasteiger partial charge >= 0.3 is 0 Å². The van der Waals surface area contributed by atoms with Crippen molar-refractivity contribution in [2.45, 2.75) is 33.1 Å². The van der Waals surface area contributed by atoms with Crippen molar-refractivity contribution in [3.63, 3.8) is 0 Å². The minimum absolute atomic E-state index is 0.271. The molecule has 1 aliphatic carbocycles. The molecule has 102 valence electrons. The van der Waals surface area contributed by atoms with E-state index in [9.17, 15) is 4.79 Å². The molecule has 0 unspecified atom stereocenters. The van der Waals surface area contributed by atoms with Gasteiger partial charge in [0.1, 0.15) is 0 Å². The van der Waals surface area contributed by atoms with E-state index >= 15 is 0 Å². The van der Waals surface area contributed by atoms with Crippen molar-refractivity contribution in [1.82, 2.24) is 4.90 Å². The molecule has 0 aliphatic heterocycles. The number of hydrogen-bond donors (Lipinski definition) is 0. The minimum Gasteiger partial charge on any atom is -0.338 e. The van der Waals surface area contributed by atoms with E-state index in [0.29, 0.717) is 6.42 Å². The molecule has 0 spiro atoms. The second-order valence-corrected chi connectivity index (χ2v) is 5.47. The summed E-state index contributed by atoms with van der Waals surface area (Å²) in [7, 11) is 0. The van der Waals surface area contributed by atoms with Crippen molar-refractivity contribution in [1.29, 1.82) is 0 Å². The predicted molar refractivity (Wildman–Crippen MR) is 79.7 cm³/mol. The van der Waals surface area contributed by atoms with Crippen LogP contribution in [0.15, 0.2) is 35.9 Å². The number of carbonyl (C=O) groups is 1. The van der Waals surface area contributed by atoms with Gasteiger partial charge in [-0.15, -0.1) is 0 Å². The third-order valence-corrected chi connectivity index (χ3v) is 3.48. The second kappa shape index (κ2) is 6.55. The molecular weight excluding hydrogens is 234 g/mol. The minimum atomic E-state index is 0.271. The van der Waals surface area contributed by atoms with Gasteiger partial charge in [0.2, 0.25) is 5.91 Å². The summed E-state index contributed by atoms with van der Waals surface area (Å²) in [5.41, 5.74) is 2.45. The molecule has 0 radical (unpaired) electrons. The number of hydrogen-bond acceptors (Lipinski definition) is 1. The molecule has 1 saturated carbocycles. The highest BCUT2D eigenvalue weighted by Crippen LogP contribution is 2.30. The fourth-order valence-corrected chi connectivity index (χ4v) is 2.27. The Morgan fingerprint density at radius 2 is 2.00 bits per heavy atom. The van der Waals surface area contributed by atoms with Crippen LogP contribution < -0.4 is 0 Å². The first kappa shape index (κ1) is 13.9. The highest BCUT2D eigenvalue weighted by Gasteiger charge is 2.26. The number of carbonyl (C=O) groups excluding carboxylic acids is 1. The fraction of sp³-hybridized carbons (Fsp3) is 0.471. The molecule has 2 rings (SSSR count). The van der Waals surface area contributed by atoms with Gasteiger partial charge in [0.25, 0.3) is 0 Å². The highest BCUT2D eigenvalue weighted by atomic mass is 16.2. The van der Waals surface area contributed by atoms with E-state index in [2.05, 4.69) is 25.1 Å². The fourth-order valence-electron chi connectivity index (χ4n) is 2.27. The van der Waals surface area contributed by atoms with E-state index in [4.69, 9.17) is 0 Å². The topological polar surface area (TPSA) is 20.3 Å². The Hall–Kier alpha value is -1.57. The summed E-state index contributed by atoms with van der Waals surface area (Å²) < 4.78 is 0. The summed E-state index contributed by atoms with van der Waals surface area (Å²) in [6.45, 7) is 5.75. The zero-order chi connectivity index (χ0) is 13.7. The molecule has 1 aliphatic rings. The maximum absolute atomic E-state index is 12.0. The average molecular weight is 257 g/mol. The van der Waals surface area contributed by atoms with Crippen LogP contribution in [-0.2, 0) is 4.79 Å². The van der Waals surface area contributed by atoms with E-state index in [1.165, 1.54) is 24.0 Å². The van der Waals surface area contributed by atoms with Gasteiger partial charge in [0.05, 0.1) is 0 Å². The van der Waals surface area contributed by atoms with Crippen molar-refractivity contribution < 1.29 is 4.79 Å². The van der Waals surface area contributed by atoms with Crippen LogP contribution in [0.3, 0.4) is 0 Å². The molecule has 0 aromatic heterocycles. The molecule has 1 aromatic carbocycles. The lowest BCUT2D eigenvalue weighted by molar-refractivity contribution is -0.130. The first-order valence-electron chi connectivity index (χ1n) is 7.19. The van der Waals surface area contributed by atoms with Gasteiger partial charge in [-0.2, -0.15) is 0 Å². The number of nitrogens with zero attached hydrogens (tertiary/aromatic N) is 1. The monoisotopic (exact) mass is 257 g/mol. The molecule has 2 nitrogen and oxygen atoms in total. The van der Waals surface area contributed by atoms with Crippen LogP contribution in [0.5, 0.6) is 0 Å². The van der Waals surface area contributed by atoms with Crippen molar-refractivity contribution in [3.8, 4) is 0 Å². The summed E-state index contributed by atoms with van der Waals surface area (Å²) in [4.78, 5) is 14.0. The molecule has 0 bridgehead atoms. The largest absolute Gasteiger partial charge is 0.338 e. The van der Waals surface area contributed by atoms with Gasteiger partial charge in [-0.3, -0.25) is 4.79 Å². The summed E-state index contributed by atoms with van der Waals surface area (Å²) in [5, 5.41) is 0. The van der Waals surface area contributed by atoms with Crippen molar-refractivity contribution in [2.24, 2.45) is 5.92 Å². The van der Waals surface area contributed by atoms with Gasteiger partial charge < -0.3 is 4.90 Å². The summed E-state index contributed by atoms with van der Waals surface area (Å²) in [6, 6.07) is 10.3. The SMILES string of the molecule is CCC(=O)N(C/C(C)=C\c1ccccc1)CC1CC1. The molecule has 0 atom stereocenters. The molecule has 19 heavy (non-hydrogen) atoms. The Morgan fingerprint density at radius 1 is 1.32 bits per heavy atom. The summed E-state index contributed by atoms with van der Waals surface area (Å²) >= 11 is 0. The maximum Gasteiger partial charge on any atom is 0.222 e. The van der Waals surface area contributed by atoms with Crippen LogP contribution in [0, 0.1) is 5.92 Å². The van der Waals surface area contributed by atoms with Gasteiger partial charge in [-0.25, -0.2) is 0 Å². The molecule has 0 N–H and O–H groups in total. The van der Waals surface area contributed by atoms with E-state index in [-0.39, 0.29) is 5.91 Å². The number of benzene rings is 1. The third kappa shape index (κ3) is 4.55. The average Bonchev–Trinajstić information content (AvgIpc) is 3.22. The first-order chi connectivity index (χ1) is 9.19. The Morgan fingerprint density at radius 3 is 2.58 bits per heavy atom. The molecular formula is C17H23NO. The lowest BCUT2D eigenvalue weighted by atomic mass is 10.1. The number of amides is 1. The summed E-state index contributed by atoms with van der Waals surface area (Å²) in [5.74, 6) is 1.02. The smallest absolute Gasteiger partial charge is 0.222 e. The van der Waals surface area contributed by atoms with Crippen LogP contribution in [0.4, 0.5) is 0 Å². The van der Waals surface area contributed by atoms with Gasteiger partial charge in [-0.05, 0) is 31.2 Å². The van der Waals surface area contributed by atoms with Gasteiger partial charge in [-0.1, -0.05) is 48.9 Å². The number of rotatable bonds is 6. The van der Waals surface area contributed by atoms with E-state index in [1.54, 1.807) is 0 Å². The molecule has 0 heterocycles. The normalized spacial score (nSPS) is 15.4. The van der Waals surface area contributed by atoms with Crippen molar-refractivity contribution in [2.75, 3.05) is 13.1 Å². The van der Waals surface area contributed by atoms with Crippen molar-refractivity contribution in [3.05, 3.63) is 41.5 Å². The molecule has 0 saturated heterocycles. The van der Waals surface area contributed by atoms with Crippen LogP contribution in [0.1, 0.15) is 38.7 Å². The Balaban J connectivity index is 1.99. The Labute approximate surface area is 116 Å². The summed E-state index contributed by atoms with van der Waals surface area (Å²) in [6.07, 6.45) is 5.35. The third-order valence-electron chi connectivity index (χ3n) is 3.48. The van der Waals surface area contributed by atoms with Crippen molar-refractivity contribution >= 4 is 12.0 Å². The van der Waals surface area contributed by atoms with E-state index < -0.39 is 0 Å². The standard InChI is InChI=1S/C17H23NO/c1-3-17(19)18(13-16-9-10-16)12-14(2)11-15-7-5-4-6-8-15/h4-8,11,16H,3,9-10,12-13H2,1-2H3/b14-11-. The van der Waals surface area contributed by atoms with Gasteiger partial charge in [0.15, 0.2) is 0 Å². The quantitative estimate of drug-likeness (QED) is 0.760. The first-order valence-corrected chi connectivity index (χ1v) is 7.19. The highest BCUT2D eigenvalue weighted by molar-refractivity contribution is 5.76. The molecule has 2 heteroatoms. The Bertz CT molecular complexity index is 446.